The molecule has 0 aromatic carbocycles. The summed E-state index contributed by atoms with van der Waals surface area (Å²) in [5.41, 5.74) is 9.42. The van der Waals surface area contributed by atoms with Crippen LogP contribution < -0.4 is 5.73 Å². The molecule has 0 radical (unpaired) electrons. The Bertz CT molecular complexity index is 461. The Balaban J connectivity index is 2.14. The predicted octanol–water partition coefficient (Wildman–Crippen LogP) is 1.37. The molecule has 84 valence electrons. The van der Waals surface area contributed by atoms with E-state index < -0.39 is 0 Å². The molecule has 0 saturated heterocycles. The van der Waals surface area contributed by atoms with E-state index in [1.54, 1.807) is 12.4 Å². The van der Waals surface area contributed by atoms with Gasteiger partial charge in [-0.2, -0.15) is 5.10 Å². The van der Waals surface area contributed by atoms with Crippen LogP contribution in [-0.4, -0.2) is 14.8 Å². The van der Waals surface area contributed by atoms with Gasteiger partial charge in [-0.25, -0.2) is 0 Å². The van der Waals surface area contributed by atoms with Gasteiger partial charge in [-0.1, -0.05) is 0 Å². The molecule has 1 unspecified atom stereocenters. The molecule has 1 atom stereocenters. The Labute approximate surface area is 95.1 Å². The highest BCUT2D eigenvalue weighted by molar-refractivity contribution is 5.18. The molecule has 0 aliphatic rings. The second kappa shape index (κ2) is 4.45. The van der Waals surface area contributed by atoms with E-state index in [4.69, 9.17) is 5.73 Å². The number of hydrogen-bond acceptors (Lipinski definition) is 3. The number of aromatic nitrogens is 3. The average Bonchev–Trinajstić information content (AvgIpc) is 2.59. The van der Waals surface area contributed by atoms with Crippen molar-refractivity contribution in [3.63, 3.8) is 0 Å². The van der Waals surface area contributed by atoms with Crippen LogP contribution in [0.1, 0.15) is 23.0 Å². The van der Waals surface area contributed by atoms with Crippen LogP contribution in [0.2, 0.25) is 0 Å². The van der Waals surface area contributed by atoms with Crippen LogP contribution >= 0.6 is 0 Å². The fraction of sp³-hybridized carbons (Fsp3) is 0.333. The second-order valence-electron chi connectivity index (χ2n) is 3.99. The number of nitrogens with zero attached hydrogens (tertiary/aromatic N) is 3. The van der Waals surface area contributed by atoms with Gasteiger partial charge in [0.25, 0.3) is 0 Å². The van der Waals surface area contributed by atoms with E-state index >= 15 is 0 Å². The topological polar surface area (TPSA) is 56.7 Å². The summed E-state index contributed by atoms with van der Waals surface area (Å²) in [4.78, 5) is 3.98. The molecule has 4 heteroatoms. The van der Waals surface area contributed by atoms with Gasteiger partial charge in [0.05, 0.1) is 5.69 Å². The molecule has 16 heavy (non-hydrogen) atoms. The molecule has 0 bridgehead atoms. The van der Waals surface area contributed by atoms with E-state index in [9.17, 15) is 0 Å². The molecule has 2 heterocycles. The van der Waals surface area contributed by atoms with Gasteiger partial charge in [-0.15, -0.1) is 0 Å². The van der Waals surface area contributed by atoms with Crippen molar-refractivity contribution in [1.29, 1.82) is 0 Å². The van der Waals surface area contributed by atoms with Crippen molar-refractivity contribution in [3.05, 3.63) is 47.5 Å². The van der Waals surface area contributed by atoms with Gasteiger partial charge in [0.15, 0.2) is 0 Å². The van der Waals surface area contributed by atoms with Gasteiger partial charge < -0.3 is 5.73 Å². The van der Waals surface area contributed by atoms with Crippen molar-refractivity contribution in [3.8, 4) is 0 Å². The lowest BCUT2D eigenvalue weighted by Gasteiger charge is -2.11. The molecule has 2 aromatic rings. The molecule has 0 aliphatic heterocycles. The standard InChI is InChI=1S/C12H16N4/c1-9-7-11(16(2)15-9)8-12(13)10-3-5-14-6-4-10/h3-7,12H,8,13H2,1-2H3. The molecular weight excluding hydrogens is 200 g/mol. The van der Waals surface area contributed by atoms with E-state index in [0.29, 0.717) is 0 Å². The summed E-state index contributed by atoms with van der Waals surface area (Å²) >= 11 is 0. The Morgan fingerprint density at radius 2 is 2.06 bits per heavy atom. The third-order valence-electron chi connectivity index (χ3n) is 2.66. The lowest BCUT2D eigenvalue weighted by molar-refractivity contribution is 0.639. The molecule has 0 amide bonds. The Morgan fingerprint density at radius 1 is 1.38 bits per heavy atom. The summed E-state index contributed by atoms with van der Waals surface area (Å²) in [5.74, 6) is 0. The molecular formula is C12H16N4. The van der Waals surface area contributed by atoms with Crippen LogP contribution in [0.15, 0.2) is 30.6 Å². The number of hydrogen-bond donors (Lipinski definition) is 1. The van der Waals surface area contributed by atoms with Crippen molar-refractivity contribution >= 4 is 0 Å². The van der Waals surface area contributed by atoms with Crippen LogP contribution in [0.3, 0.4) is 0 Å². The minimum atomic E-state index is -0.00204. The maximum atomic E-state index is 6.14. The van der Waals surface area contributed by atoms with Gasteiger partial charge in [-0.05, 0) is 30.7 Å². The monoisotopic (exact) mass is 216 g/mol. The largest absolute Gasteiger partial charge is 0.324 e. The molecule has 0 saturated carbocycles. The maximum Gasteiger partial charge on any atom is 0.0596 e. The summed E-state index contributed by atoms with van der Waals surface area (Å²) in [7, 11) is 1.95. The van der Waals surface area contributed by atoms with Gasteiger partial charge in [0, 0.05) is 37.6 Å². The summed E-state index contributed by atoms with van der Waals surface area (Å²) in [6.45, 7) is 1.99. The molecule has 0 spiro atoms. The maximum absolute atomic E-state index is 6.14. The third kappa shape index (κ3) is 2.28. The zero-order valence-electron chi connectivity index (χ0n) is 9.59. The molecule has 2 N–H and O–H groups in total. The SMILES string of the molecule is Cc1cc(CC(N)c2ccncc2)n(C)n1. The van der Waals surface area contributed by atoms with E-state index in [2.05, 4.69) is 16.1 Å². The summed E-state index contributed by atoms with van der Waals surface area (Å²) in [5, 5.41) is 4.31. The molecule has 0 aliphatic carbocycles. The van der Waals surface area contributed by atoms with Gasteiger partial charge in [0.2, 0.25) is 0 Å². The summed E-state index contributed by atoms with van der Waals surface area (Å²) in [6, 6.07) is 5.97. The van der Waals surface area contributed by atoms with Crippen LogP contribution in [0.25, 0.3) is 0 Å². The highest BCUT2D eigenvalue weighted by Gasteiger charge is 2.10. The minimum Gasteiger partial charge on any atom is -0.324 e. The van der Waals surface area contributed by atoms with Gasteiger partial charge >= 0.3 is 0 Å². The highest BCUT2D eigenvalue weighted by Crippen LogP contribution is 2.15. The fourth-order valence-electron chi connectivity index (χ4n) is 1.81. The predicted molar refractivity (Wildman–Crippen MR) is 62.8 cm³/mol. The molecule has 4 nitrogen and oxygen atoms in total. The highest BCUT2D eigenvalue weighted by atomic mass is 15.3. The molecule has 2 aromatic heterocycles. The lowest BCUT2D eigenvalue weighted by atomic mass is 10.0. The second-order valence-corrected chi connectivity index (χ2v) is 3.99. The Kier molecular flexibility index (Phi) is 3.01. The number of nitrogens with two attached hydrogens (primary N) is 1. The van der Waals surface area contributed by atoms with Crippen molar-refractivity contribution in [2.45, 2.75) is 19.4 Å². The average molecular weight is 216 g/mol. The third-order valence-corrected chi connectivity index (χ3v) is 2.66. The first kappa shape index (κ1) is 10.8. The fourth-order valence-corrected chi connectivity index (χ4v) is 1.81. The summed E-state index contributed by atoms with van der Waals surface area (Å²) in [6.07, 6.45) is 4.33. The first-order valence-electron chi connectivity index (χ1n) is 5.32. The zero-order valence-corrected chi connectivity index (χ0v) is 9.59. The van der Waals surface area contributed by atoms with E-state index in [1.165, 1.54) is 0 Å². The molecule has 0 fully saturated rings. The molecule has 2 rings (SSSR count). The number of aryl methyl sites for hydroxylation is 2. The van der Waals surface area contributed by atoms with E-state index in [-0.39, 0.29) is 6.04 Å². The first-order chi connectivity index (χ1) is 7.66. The minimum absolute atomic E-state index is 0.00204. The van der Waals surface area contributed by atoms with Crippen molar-refractivity contribution in [2.24, 2.45) is 12.8 Å². The normalized spacial score (nSPS) is 12.7. The van der Waals surface area contributed by atoms with E-state index in [1.807, 2.05) is 30.8 Å². The Morgan fingerprint density at radius 3 is 2.62 bits per heavy atom. The van der Waals surface area contributed by atoms with Gasteiger partial charge in [0.1, 0.15) is 0 Å². The van der Waals surface area contributed by atoms with E-state index in [0.717, 1.165) is 23.4 Å². The summed E-state index contributed by atoms with van der Waals surface area (Å²) < 4.78 is 1.89. The Hall–Kier alpha value is -1.68. The van der Waals surface area contributed by atoms with Crippen LogP contribution in [-0.2, 0) is 13.5 Å². The van der Waals surface area contributed by atoms with Crippen LogP contribution in [0.5, 0.6) is 0 Å². The van der Waals surface area contributed by atoms with Crippen molar-refractivity contribution < 1.29 is 0 Å². The quantitative estimate of drug-likeness (QED) is 0.843. The zero-order chi connectivity index (χ0) is 11.5. The van der Waals surface area contributed by atoms with Crippen molar-refractivity contribution in [2.75, 3.05) is 0 Å². The number of pyridine rings is 1. The first-order valence-corrected chi connectivity index (χ1v) is 5.32. The number of rotatable bonds is 3. The van der Waals surface area contributed by atoms with Gasteiger partial charge in [-0.3, -0.25) is 9.67 Å². The lowest BCUT2D eigenvalue weighted by Crippen LogP contribution is -2.15. The van der Waals surface area contributed by atoms with Crippen LogP contribution in [0, 0.1) is 6.92 Å². The smallest absolute Gasteiger partial charge is 0.0596 e. The van der Waals surface area contributed by atoms with Crippen LogP contribution in [0.4, 0.5) is 0 Å². The van der Waals surface area contributed by atoms with Crippen molar-refractivity contribution in [1.82, 2.24) is 14.8 Å².